The summed E-state index contributed by atoms with van der Waals surface area (Å²) in [5, 5.41) is 5.84. The third-order valence-corrected chi connectivity index (χ3v) is 3.79. The van der Waals surface area contributed by atoms with Crippen molar-refractivity contribution in [2.45, 2.75) is 33.6 Å². The highest BCUT2D eigenvalue weighted by atomic mass is 16.5. The van der Waals surface area contributed by atoms with Crippen molar-refractivity contribution in [2.24, 2.45) is 11.8 Å². The summed E-state index contributed by atoms with van der Waals surface area (Å²) in [6.45, 7) is 9.69. The number of rotatable bonds is 8. The Morgan fingerprint density at radius 1 is 1.00 bits per heavy atom. The Bertz CT molecular complexity index is 501. The molecule has 5 heteroatoms. The van der Waals surface area contributed by atoms with E-state index in [1.165, 1.54) is 0 Å². The molecule has 0 aliphatic rings. The van der Waals surface area contributed by atoms with E-state index in [9.17, 15) is 4.79 Å². The predicted molar refractivity (Wildman–Crippen MR) is 93.4 cm³/mol. The van der Waals surface area contributed by atoms with Crippen LogP contribution in [0.1, 0.15) is 39.2 Å². The van der Waals surface area contributed by atoms with Gasteiger partial charge in [-0.05, 0) is 29.5 Å². The van der Waals surface area contributed by atoms with E-state index in [2.05, 4.69) is 38.3 Å². The molecule has 1 unspecified atom stereocenters. The third kappa shape index (κ3) is 6.00. The molecule has 0 aliphatic heterocycles. The maximum Gasteiger partial charge on any atom is 0.314 e. The molecule has 0 spiro atoms. The zero-order chi connectivity index (χ0) is 17.4. The Balaban J connectivity index is 2.77. The first-order valence-electron chi connectivity index (χ1n) is 8.12. The average Bonchev–Trinajstić information content (AvgIpc) is 2.52. The van der Waals surface area contributed by atoms with Gasteiger partial charge in [-0.25, -0.2) is 4.79 Å². The summed E-state index contributed by atoms with van der Waals surface area (Å²) in [6, 6.07) is 5.80. The number of hydrogen-bond donors (Lipinski definition) is 2. The van der Waals surface area contributed by atoms with Gasteiger partial charge in [-0.2, -0.15) is 0 Å². The number of benzene rings is 1. The Morgan fingerprint density at radius 3 is 2.13 bits per heavy atom. The van der Waals surface area contributed by atoms with Gasteiger partial charge >= 0.3 is 6.03 Å². The second-order valence-corrected chi connectivity index (χ2v) is 6.45. The van der Waals surface area contributed by atoms with Crippen molar-refractivity contribution in [1.82, 2.24) is 10.6 Å². The van der Waals surface area contributed by atoms with E-state index in [1.807, 2.05) is 18.2 Å². The fourth-order valence-electron chi connectivity index (χ4n) is 2.38. The van der Waals surface area contributed by atoms with Crippen LogP contribution in [0.25, 0.3) is 0 Å². The van der Waals surface area contributed by atoms with Gasteiger partial charge in [-0.1, -0.05) is 33.8 Å². The molecule has 0 bridgehead atoms. The lowest BCUT2D eigenvalue weighted by Gasteiger charge is -2.23. The lowest BCUT2D eigenvalue weighted by molar-refractivity contribution is 0.238. The molecule has 2 N–H and O–H groups in total. The molecule has 1 rings (SSSR count). The summed E-state index contributed by atoms with van der Waals surface area (Å²) < 4.78 is 10.7. The van der Waals surface area contributed by atoms with Gasteiger partial charge in [0.2, 0.25) is 0 Å². The van der Waals surface area contributed by atoms with E-state index in [-0.39, 0.29) is 11.9 Å². The smallest absolute Gasteiger partial charge is 0.314 e. The summed E-state index contributed by atoms with van der Waals surface area (Å²) in [6.07, 6.45) is 0. The van der Waals surface area contributed by atoms with Gasteiger partial charge in [0.1, 0.15) is 0 Å². The molecule has 0 heterocycles. The van der Waals surface area contributed by atoms with Crippen LogP contribution in [0, 0.1) is 11.8 Å². The average molecular weight is 322 g/mol. The van der Waals surface area contributed by atoms with Gasteiger partial charge in [0.05, 0.1) is 14.2 Å². The van der Waals surface area contributed by atoms with Crippen LogP contribution in [-0.4, -0.2) is 33.3 Å². The topological polar surface area (TPSA) is 59.6 Å². The van der Waals surface area contributed by atoms with Gasteiger partial charge in [-0.3, -0.25) is 0 Å². The first-order chi connectivity index (χ1) is 10.9. The Labute approximate surface area is 139 Å². The Kier molecular flexibility index (Phi) is 7.72. The number of urea groups is 1. The van der Waals surface area contributed by atoms with Gasteiger partial charge in [0.25, 0.3) is 0 Å². The predicted octanol–water partition coefficient (Wildman–Crippen LogP) is 3.40. The lowest BCUT2D eigenvalue weighted by atomic mass is 9.88. The summed E-state index contributed by atoms with van der Waals surface area (Å²) in [4.78, 5) is 11.9. The molecule has 2 amide bonds. The summed E-state index contributed by atoms with van der Waals surface area (Å²) in [5.74, 6) is 2.45. The highest BCUT2D eigenvalue weighted by molar-refractivity contribution is 5.73. The van der Waals surface area contributed by atoms with Gasteiger partial charge in [-0.15, -0.1) is 0 Å². The molecule has 130 valence electrons. The summed E-state index contributed by atoms with van der Waals surface area (Å²) in [5.41, 5.74) is 1.13. The van der Waals surface area contributed by atoms with Crippen LogP contribution in [-0.2, 0) is 0 Å². The quantitative estimate of drug-likeness (QED) is 0.771. The largest absolute Gasteiger partial charge is 0.493 e. The minimum atomic E-state index is -0.121. The van der Waals surface area contributed by atoms with E-state index < -0.39 is 0 Å². The molecule has 0 aliphatic carbocycles. The van der Waals surface area contributed by atoms with Crippen LogP contribution in [0.4, 0.5) is 4.79 Å². The zero-order valence-corrected chi connectivity index (χ0v) is 15.1. The lowest BCUT2D eigenvalue weighted by Crippen LogP contribution is -2.40. The van der Waals surface area contributed by atoms with E-state index in [0.29, 0.717) is 36.4 Å². The van der Waals surface area contributed by atoms with E-state index in [0.717, 1.165) is 5.56 Å². The number of carbonyl (C=O) groups excluding carboxylic acids is 1. The van der Waals surface area contributed by atoms with Crippen molar-refractivity contribution >= 4 is 6.03 Å². The molecule has 1 atom stereocenters. The van der Waals surface area contributed by atoms with Crippen molar-refractivity contribution in [3.8, 4) is 11.5 Å². The molecule has 5 nitrogen and oxygen atoms in total. The van der Waals surface area contributed by atoms with Crippen LogP contribution >= 0.6 is 0 Å². The van der Waals surface area contributed by atoms with Crippen LogP contribution in [0.3, 0.4) is 0 Å². The van der Waals surface area contributed by atoms with Crippen LogP contribution in [0.2, 0.25) is 0 Å². The molecule has 1 aromatic rings. The van der Waals surface area contributed by atoms with Gasteiger partial charge < -0.3 is 20.1 Å². The highest BCUT2D eigenvalue weighted by Gasteiger charge is 2.19. The van der Waals surface area contributed by atoms with Crippen molar-refractivity contribution < 1.29 is 14.3 Å². The van der Waals surface area contributed by atoms with E-state index in [4.69, 9.17) is 9.47 Å². The normalized spacial score (nSPS) is 12.2. The second-order valence-electron chi connectivity index (χ2n) is 6.45. The first kappa shape index (κ1) is 19.1. The maximum absolute atomic E-state index is 11.9. The minimum Gasteiger partial charge on any atom is -0.493 e. The Hall–Kier alpha value is -1.91. The number of carbonyl (C=O) groups is 1. The van der Waals surface area contributed by atoms with Crippen LogP contribution < -0.4 is 20.1 Å². The molecule has 1 aromatic carbocycles. The standard InChI is InChI=1S/C18H30N2O3/c1-12(2)10-19-18(21)20-11-15(13(3)4)14-7-8-16(22-5)17(9-14)23-6/h7-9,12-13,15H,10-11H2,1-6H3,(H2,19,20,21). The van der Waals surface area contributed by atoms with Crippen molar-refractivity contribution in [1.29, 1.82) is 0 Å². The summed E-state index contributed by atoms with van der Waals surface area (Å²) >= 11 is 0. The molecule has 0 saturated carbocycles. The fourth-order valence-corrected chi connectivity index (χ4v) is 2.38. The monoisotopic (exact) mass is 322 g/mol. The molecule has 23 heavy (non-hydrogen) atoms. The zero-order valence-electron chi connectivity index (χ0n) is 15.1. The Morgan fingerprint density at radius 2 is 1.61 bits per heavy atom. The molecular weight excluding hydrogens is 292 g/mol. The van der Waals surface area contributed by atoms with Gasteiger partial charge in [0, 0.05) is 19.0 Å². The third-order valence-electron chi connectivity index (χ3n) is 3.79. The first-order valence-corrected chi connectivity index (χ1v) is 8.12. The number of nitrogens with one attached hydrogen (secondary N) is 2. The van der Waals surface area contributed by atoms with Crippen LogP contribution in [0.5, 0.6) is 11.5 Å². The fraction of sp³-hybridized carbons (Fsp3) is 0.611. The highest BCUT2D eigenvalue weighted by Crippen LogP contribution is 2.33. The summed E-state index contributed by atoms with van der Waals surface area (Å²) in [7, 11) is 3.25. The SMILES string of the molecule is COc1ccc(C(CNC(=O)NCC(C)C)C(C)C)cc1OC. The van der Waals surface area contributed by atoms with E-state index in [1.54, 1.807) is 14.2 Å². The van der Waals surface area contributed by atoms with Crippen molar-refractivity contribution in [3.05, 3.63) is 23.8 Å². The molecule has 0 aromatic heterocycles. The maximum atomic E-state index is 11.9. The van der Waals surface area contributed by atoms with Gasteiger partial charge in [0.15, 0.2) is 11.5 Å². The van der Waals surface area contributed by atoms with Crippen LogP contribution in [0.15, 0.2) is 18.2 Å². The van der Waals surface area contributed by atoms with Crippen molar-refractivity contribution in [3.63, 3.8) is 0 Å². The number of amides is 2. The molecule has 0 fully saturated rings. The molecular formula is C18H30N2O3. The molecule has 0 radical (unpaired) electrons. The minimum absolute atomic E-state index is 0.121. The number of hydrogen-bond acceptors (Lipinski definition) is 3. The second kappa shape index (κ2) is 9.28. The number of methoxy groups -OCH3 is 2. The number of ether oxygens (including phenoxy) is 2. The van der Waals surface area contributed by atoms with E-state index >= 15 is 0 Å². The van der Waals surface area contributed by atoms with Crippen molar-refractivity contribution in [2.75, 3.05) is 27.3 Å². The molecule has 0 saturated heterocycles.